The molecule has 3 aromatic carbocycles. The van der Waals surface area contributed by atoms with E-state index in [1.807, 2.05) is 55.5 Å². The first-order chi connectivity index (χ1) is 13.5. The fourth-order valence-corrected chi connectivity index (χ4v) is 2.97. The van der Waals surface area contributed by atoms with Crippen molar-refractivity contribution in [2.24, 2.45) is 0 Å². The summed E-state index contributed by atoms with van der Waals surface area (Å²) in [6.07, 6.45) is 0. The molecular formula is C23H23ClN2O2. The maximum absolute atomic E-state index is 12.1. The lowest BCUT2D eigenvalue weighted by Crippen LogP contribution is -2.20. The van der Waals surface area contributed by atoms with Crippen molar-refractivity contribution in [3.8, 4) is 5.75 Å². The Morgan fingerprint density at radius 3 is 2.43 bits per heavy atom. The van der Waals surface area contributed by atoms with Gasteiger partial charge in [-0.05, 0) is 61.4 Å². The summed E-state index contributed by atoms with van der Waals surface area (Å²) < 4.78 is 5.57. The molecule has 0 saturated carbocycles. The molecule has 0 saturated heterocycles. The molecule has 0 unspecified atom stereocenters. The van der Waals surface area contributed by atoms with Gasteiger partial charge in [-0.3, -0.25) is 4.79 Å². The molecule has 0 aromatic heterocycles. The summed E-state index contributed by atoms with van der Waals surface area (Å²) in [5, 5.41) is 6.64. The highest BCUT2D eigenvalue weighted by Crippen LogP contribution is 2.26. The molecule has 4 nitrogen and oxygen atoms in total. The van der Waals surface area contributed by atoms with Crippen molar-refractivity contribution in [1.82, 2.24) is 0 Å². The normalized spacial score (nSPS) is 10.4. The van der Waals surface area contributed by atoms with Crippen LogP contribution in [-0.4, -0.2) is 12.5 Å². The molecule has 3 rings (SSSR count). The SMILES string of the molecule is Cc1ccc(NCc2ccc(OCC(=O)Nc3cccc(C)c3)c(Cl)c2)cc1. The van der Waals surface area contributed by atoms with Crippen molar-refractivity contribution < 1.29 is 9.53 Å². The Labute approximate surface area is 170 Å². The number of hydrogen-bond acceptors (Lipinski definition) is 3. The molecule has 28 heavy (non-hydrogen) atoms. The van der Waals surface area contributed by atoms with Gasteiger partial charge in [0.25, 0.3) is 5.91 Å². The number of aryl methyl sites for hydroxylation is 2. The zero-order valence-electron chi connectivity index (χ0n) is 16.0. The molecular weight excluding hydrogens is 372 g/mol. The van der Waals surface area contributed by atoms with Gasteiger partial charge in [-0.1, -0.05) is 47.5 Å². The average molecular weight is 395 g/mol. The number of anilines is 2. The number of benzene rings is 3. The molecule has 1 amide bonds. The van der Waals surface area contributed by atoms with Crippen LogP contribution in [0.15, 0.2) is 66.7 Å². The van der Waals surface area contributed by atoms with Crippen LogP contribution < -0.4 is 15.4 Å². The van der Waals surface area contributed by atoms with E-state index in [-0.39, 0.29) is 12.5 Å². The second-order valence-electron chi connectivity index (χ2n) is 6.69. The fourth-order valence-electron chi connectivity index (χ4n) is 2.71. The van der Waals surface area contributed by atoms with Gasteiger partial charge in [-0.25, -0.2) is 0 Å². The summed E-state index contributed by atoms with van der Waals surface area (Å²) in [7, 11) is 0. The van der Waals surface area contributed by atoms with E-state index < -0.39 is 0 Å². The van der Waals surface area contributed by atoms with Crippen LogP contribution in [0, 0.1) is 13.8 Å². The van der Waals surface area contributed by atoms with Gasteiger partial charge in [0, 0.05) is 17.9 Å². The van der Waals surface area contributed by atoms with Gasteiger partial charge in [0.2, 0.25) is 0 Å². The Bertz CT molecular complexity index is 955. The number of hydrogen-bond donors (Lipinski definition) is 2. The largest absolute Gasteiger partial charge is 0.482 e. The van der Waals surface area contributed by atoms with E-state index in [0.29, 0.717) is 17.3 Å². The Balaban J connectivity index is 1.52. The van der Waals surface area contributed by atoms with Crippen LogP contribution in [0.5, 0.6) is 5.75 Å². The van der Waals surface area contributed by atoms with Crippen LogP contribution in [0.4, 0.5) is 11.4 Å². The average Bonchev–Trinajstić information content (AvgIpc) is 2.67. The van der Waals surface area contributed by atoms with E-state index in [4.69, 9.17) is 16.3 Å². The molecule has 3 aromatic rings. The van der Waals surface area contributed by atoms with Crippen molar-refractivity contribution in [1.29, 1.82) is 0 Å². The molecule has 0 radical (unpaired) electrons. The quantitative estimate of drug-likeness (QED) is 0.549. The number of rotatable bonds is 7. The van der Waals surface area contributed by atoms with Crippen LogP contribution in [0.1, 0.15) is 16.7 Å². The first-order valence-corrected chi connectivity index (χ1v) is 9.46. The minimum atomic E-state index is -0.230. The Morgan fingerprint density at radius 1 is 0.929 bits per heavy atom. The monoisotopic (exact) mass is 394 g/mol. The number of ether oxygens (including phenoxy) is 1. The lowest BCUT2D eigenvalue weighted by molar-refractivity contribution is -0.118. The summed E-state index contributed by atoms with van der Waals surface area (Å²) in [6.45, 7) is 4.58. The Morgan fingerprint density at radius 2 is 1.71 bits per heavy atom. The number of carbonyl (C=O) groups is 1. The minimum absolute atomic E-state index is 0.103. The van der Waals surface area contributed by atoms with Gasteiger partial charge in [-0.2, -0.15) is 0 Å². The van der Waals surface area contributed by atoms with Gasteiger partial charge >= 0.3 is 0 Å². The molecule has 0 aliphatic heterocycles. The number of amides is 1. The van der Waals surface area contributed by atoms with Crippen molar-refractivity contribution in [3.05, 3.63) is 88.4 Å². The van der Waals surface area contributed by atoms with Crippen LogP contribution in [0.2, 0.25) is 5.02 Å². The summed E-state index contributed by atoms with van der Waals surface area (Å²) >= 11 is 6.31. The lowest BCUT2D eigenvalue weighted by atomic mass is 10.2. The predicted molar refractivity (Wildman–Crippen MR) is 115 cm³/mol. The van der Waals surface area contributed by atoms with Crippen LogP contribution in [0.25, 0.3) is 0 Å². The Kier molecular flexibility index (Phi) is 6.56. The van der Waals surface area contributed by atoms with Crippen molar-refractivity contribution in [3.63, 3.8) is 0 Å². The summed E-state index contributed by atoms with van der Waals surface area (Å²) in [4.78, 5) is 12.1. The van der Waals surface area contributed by atoms with E-state index in [1.54, 1.807) is 6.07 Å². The van der Waals surface area contributed by atoms with Crippen molar-refractivity contribution in [2.75, 3.05) is 17.2 Å². The molecule has 0 aliphatic carbocycles. The van der Waals surface area contributed by atoms with E-state index in [0.717, 1.165) is 22.5 Å². The molecule has 144 valence electrons. The second-order valence-corrected chi connectivity index (χ2v) is 7.10. The summed E-state index contributed by atoms with van der Waals surface area (Å²) in [5.74, 6) is 0.256. The van der Waals surface area contributed by atoms with Crippen LogP contribution in [0.3, 0.4) is 0 Å². The van der Waals surface area contributed by atoms with Crippen molar-refractivity contribution >= 4 is 28.9 Å². The first-order valence-electron chi connectivity index (χ1n) is 9.08. The number of nitrogens with one attached hydrogen (secondary N) is 2. The van der Waals surface area contributed by atoms with E-state index >= 15 is 0 Å². The van der Waals surface area contributed by atoms with Crippen LogP contribution in [-0.2, 0) is 11.3 Å². The second kappa shape index (κ2) is 9.29. The maximum Gasteiger partial charge on any atom is 0.262 e. The highest BCUT2D eigenvalue weighted by molar-refractivity contribution is 6.32. The lowest BCUT2D eigenvalue weighted by Gasteiger charge is -2.11. The van der Waals surface area contributed by atoms with Gasteiger partial charge in [0.05, 0.1) is 5.02 Å². The third-order valence-corrected chi connectivity index (χ3v) is 4.50. The highest BCUT2D eigenvalue weighted by atomic mass is 35.5. The third-order valence-electron chi connectivity index (χ3n) is 4.21. The number of halogens is 1. The van der Waals surface area contributed by atoms with E-state index in [2.05, 4.69) is 29.7 Å². The fraction of sp³-hybridized carbons (Fsp3) is 0.174. The highest BCUT2D eigenvalue weighted by Gasteiger charge is 2.08. The number of carbonyl (C=O) groups excluding carboxylic acids is 1. The molecule has 0 atom stereocenters. The maximum atomic E-state index is 12.1. The Hall–Kier alpha value is -2.98. The van der Waals surface area contributed by atoms with Gasteiger partial charge in [0.1, 0.15) is 5.75 Å². The van der Waals surface area contributed by atoms with Gasteiger partial charge in [0.15, 0.2) is 6.61 Å². The standard InChI is InChI=1S/C23H23ClN2O2/c1-16-6-9-19(10-7-16)25-14-18-8-11-22(21(24)13-18)28-15-23(27)26-20-5-3-4-17(2)12-20/h3-13,25H,14-15H2,1-2H3,(H,26,27). The predicted octanol–water partition coefficient (Wildman–Crippen LogP) is 5.59. The summed E-state index contributed by atoms with van der Waals surface area (Å²) in [5.41, 5.74) is 5.13. The smallest absolute Gasteiger partial charge is 0.262 e. The zero-order valence-corrected chi connectivity index (χ0v) is 16.7. The first kappa shape index (κ1) is 19.8. The summed E-state index contributed by atoms with van der Waals surface area (Å²) in [6, 6.07) is 21.4. The van der Waals surface area contributed by atoms with E-state index in [1.165, 1.54) is 5.56 Å². The molecule has 2 N–H and O–H groups in total. The molecule has 0 spiro atoms. The van der Waals surface area contributed by atoms with Gasteiger partial charge in [-0.15, -0.1) is 0 Å². The molecule has 0 aliphatic rings. The molecule has 0 heterocycles. The van der Waals surface area contributed by atoms with Crippen molar-refractivity contribution in [2.45, 2.75) is 20.4 Å². The van der Waals surface area contributed by atoms with E-state index in [9.17, 15) is 4.79 Å². The molecule has 0 fully saturated rings. The molecule has 0 bridgehead atoms. The molecule has 5 heteroatoms. The minimum Gasteiger partial charge on any atom is -0.482 e. The zero-order chi connectivity index (χ0) is 19.9. The van der Waals surface area contributed by atoms with Gasteiger partial charge < -0.3 is 15.4 Å². The third kappa shape index (κ3) is 5.76. The topological polar surface area (TPSA) is 50.4 Å². The van der Waals surface area contributed by atoms with Crippen LogP contribution >= 0.6 is 11.6 Å².